The summed E-state index contributed by atoms with van der Waals surface area (Å²) in [6, 6.07) is 4.16. The number of nitrogens with two attached hydrogens (primary N) is 1. The number of nitrogens with zero attached hydrogens (tertiary/aromatic N) is 2. The van der Waals surface area contributed by atoms with E-state index in [-0.39, 0.29) is 5.11 Å². The van der Waals surface area contributed by atoms with Crippen LogP contribution < -0.4 is 16.4 Å². The number of thiocarbonyl (C=S) groups is 1. The molecule has 1 aromatic rings. The fraction of sp³-hybridized carbons (Fsp3) is 0.500. The molecule has 0 aliphatic heterocycles. The summed E-state index contributed by atoms with van der Waals surface area (Å²) in [5.41, 5.74) is 6.42. The van der Waals surface area contributed by atoms with Gasteiger partial charge in [-0.1, -0.05) is 11.6 Å². The highest BCUT2D eigenvalue weighted by Crippen LogP contribution is 2.17. The van der Waals surface area contributed by atoms with Crippen molar-refractivity contribution >= 4 is 34.9 Å². The summed E-state index contributed by atoms with van der Waals surface area (Å²) < 4.78 is 0. The van der Waals surface area contributed by atoms with Gasteiger partial charge in [0.05, 0.1) is 10.7 Å². The summed E-state index contributed by atoms with van der Waals surface area (Å²) in [5.74, 6) is 0.666. The van der Waals surface area contributed by atoms with Gasteiger partial charge in [0.15, 0.2) is 11.1 Å². The first-order valence-corrected chi connectivity index (χ1v) is 7.90. The summed E-state index contributed by atoms with van der Waals surface area (Å²) in [4.78, 5) is 8.75. The number of hydrogen-bond acceptors (Lipinski definition) is 3. The van der Waals surface area contributed by atoms with Crippen molar-refractivity contribution in [2.24, 2.45) is 10.7 Å². The van der Waals surface area contributed by atoms with Crippen molar-refractivity contribution in [1.82, 2.24) is 15.6 Å². The SMILES string of the molecule is NC(=S)NC(=NCCCc1ncccc1Cl)NC1CCC1. The molecule has 1 saturated carbocycles. The standard InChI is InChI=1S/C14H20ClN5S/c15-11-6-2-8-17-12(11)7-3-9-18-14(20-13(16)21)19-10-4-1-5-10/h2,6,8,10H,1,3-5,7,9H2,(H4,16,18,19,20,21). The summed E-state index contributed by atoms with van der Waals surface area (Å²) in [6.45, 7) is 0.664. The van der Waals surface area contributed by atoms with Gasteiger partial charge in [-0.15, -0.1) is 0 Å². The first kappa shape index (κ1) is 16.0. The zero-order chi connectivity index (χ0) is 15.1. The Morgan fingerprint density at radius 2 is 2.33 bits per heavy atom. The van der Waals surface area contributed by atoms with Crippen molar-refractivity contribution in [3.05, 3.63) is 29.0 Å². The van der Waals surface area contributed by atoms with E-state index >= 15 is 0 Å². The second kappa shape index (κ2) is 8.14. The zero-order valence-electron chi connectivity index (χ0n) is 11.8. The monoisotopic (exact) mass is 325 g/mol. The molecule has 0 aromatic carbocycles. The van der Waals surface area contributed by atoms with Crippen molar-refractivity contribution in [3.8, 4) is 0 Å². The minimum Gasteiger partial charge on any atom is -0.376 e. The van der Waals surface area contributed by atoms with E-state index in [0.717, 1.165) is 18.5 Å². The van der Waals surface area contributed by atoms with E-state index in [4.69, 9.17) is 29.6 Å². The number of hydrogen-bond donors (Lipinski definition) is 3. The fourth-order valence-corrected chi connectivity index (χ4v) is 2.34. The second-order valence-corrected chi connectivity index (χ2v) is 5.87. The number of guanidine groups is 1. The minimum absolute atomic E-state index is 0.230. The van der Waals surface area contributed by atoms with Gasteiger partial charge in [-0.3, -0.25) is 9.98 Å². The van der Waals surface area contributed by atoms with Gasteiger partial charge < -0.3 is 16.4 Å². The molecule has 21 heavy (non-hydrogen) atoms. The predicted octanol–water partition coefficient (Wildman–Crippen LogP) is 2.00. The quantitative estimate of drug-likeness (QED) is 0.334. The van der Waals surface area contributed by atoms with Crippen molar-refractivity contribution in [3.63, 3.8) is 0 Å². The molecule has 1 heterocycles. The fourth-order valence-electron chi connectivity index (χ4n) is 2.02. The van der Waals surface area contributed by atoms with E-state index in [0.29, 0.717) is 23.6 Å². The average molecular weight is 326 g/mol. The van der Waals surface area contributed by atoms with Gasteiger partial charge in [0.25, 0.3) is 0 Å². The molecular weight excluding hydrogens is 306 g/mol. The van der Waals surface area contributed by atoms with E-state index in [1.165, 1.54) is 19.3 Å². The molecule has 0 spiro atoms. The van der Waals surface area contributed by atoms with Crippen molar-refractivity contribution in [2.75, 3.05) is 6.54 Å². The van der Waals surface area contributed by atoms with E-state index in [1.807, 2.05) is 12.1 Å². The topological polar surface area (TPSA) is 75.3 Å². The third-order valence-corrected chi connectivity index (χ3v) is 3.81. The number of nitrogens with one attached hydrogen (secondary N) is 2. The highest BCUT2D eigenvalue weighted by atomic mass is 35.5. The lowest BCUT2D eigenvalue weighted by Gasteiger charge is -2.28. The molecule has 5 nitrogen and oxygen atoms in total. The Bertz CT molecular complexity index is 516. The number of halogens is 1. The van der Waals surface area contributed by atoms with Gasteiger partial charge in [0, 0.05) is 18.8 Å². The van der Waals surface area contributed by atoms with Crippen molar-refractivity contribution in [2.45, 2.75) is 38.1 Å². The number of rotatable bonds is 5. The molecule has 1 fully saturated rings. The number of aliphatic imine (C=N–C) groups is 1. The zero-order valence-corrected chi connectivity index (χ0v) is 13.4. The van der Waals surface area contributed by atoms with Crippen LogP contribution in [-0.2, 0) is 6.42 Å². The van der Waals surface area contributed by atoms with Crippen LogP contribution in [0.2, 0.25) is 5.02 Å². The minimum atomic E-state index is 0.230. The van der Waals surface area contributed by atoms with Gasteiger partial charge in [-0.25, -0.2) is 0 Å². The Hall–Kier alpha value is -1.40. The maximum Gasteiger partial charge on any atom is 0.197 e. The summed E-state index contributed by atoms with van der Waals surface area (Å²) in [6.07, 6.45) is 7.01. The van der Waals surface area contributed by atoms with Crippen LogP contribution in [0, 0.1) is 0 Å². The Morgan fingerprint density at radius 1 is 1.52 bits per heavy atom. The maximum absolute atomic E-state index is 6.07. The van der Waals surface area contributed by atoms with Crippen LogP contribution in [0.5, 0.6) is 0 Å². The van der Waals surface area contributed by atoms with Crippen LogP contribution in [0.25, 0.3) is 0 Å². The van der Waals surface area contributed by atoms with E-state index in [1.54, 1.807) is 6.20 Å². The molecule has 0 amide bonds. The normalized spacial score (nSPS) is 15.4. The number of aromatic nitrogens is 1. The largest absolute Gasteiger partial charge is 0.376 e. The van der Waals surface area contributed by atoms with Crippen molar-refractivity contribution < 1.29 is 0 Å². The molecule has 4 N–H and O–H groups in total. The highest BCUT2D eigenvalue weighted by molar-refractivity contribution is 7.80. The molecule has 7 heteroatoms. The van der Waals surface area contributed by atoms with Crippen LogP contribution in [0.1, 0.15) is 31.4 Å². The molecule has 1 aliphatic carbocycles. The molecule has 0 atom stereocenters. The van der Waals surface area contributed by atoms with Gasteiger partial charge in [-0.2, -0.15) is 0 Å². The number of aryl methyl sites for hydroxylation is 1. The Labute approximate surface area is 135 Å². The Morgan fingerprint density at radius 3 is 2.95 bits per heavy atom. The summed E-state index contributed by atoms with van der Waals surface area (Å²) >= 11 is 10.9. The van der Waals surface area contributed by atoms with Gasteiger partial charge in [0.2, 0.25) is 0 Å². The van der Waals surface area contributed by atoms with Crippen LogP contribution in [0.15, 0.2) is 23.3 Å². The van der Waals surface area contributed by atoms with E-state index < -0.39 is 0 Å². The average Bonchev–Trinajstić information content (AvgIpc) is 2.39. The highest BCUT2D eigenvalue weighted by Gasteiger charge is 2.18. The molecule has 0 bridgehead atoms. The first-order chi connectivity index (χ1) is 10.1. The molecule has 0 saturated heterocycles. The lowest BCUT2D eigenvalue weighted by molar-refractivity contribution is 0.381. The molecular formula is C14H20ClN5S. The van der Waals surface area contributed by atoms with Crippen molar-refractivity contribution in [1.29, 1.82) is 0 Å². The molecule has 1 aromatic heterocycles. The van der Waals surface area contributed by atoms with Crippen LogP contribution in [0.4, 0.5) is 0 Å². The molecule has 0 radical (unpaired) electrons. The van der Waals surface area contributed by atoms with Crippen LogP contribution in [0.3, 0.4) is 0 Å². The Balaban J connectivity index is 1.81. The lowest BCUT2D eigenvalue weighted by atomic mass is 9.93. The second-order valence-electron chi connectivity index (χ2n) is 5.03. The van der Waals surface area contributed by atoms with Gasteiger partial charge in [0.1, 0.15) is 0 Å². The lowest BCUT2D eigenvalue weighted by Crippen LogP contribution is -2.49. The smallest absolute Gasteiger partial charge is 0.197 e. The third-order valence-electron chi connectivity index (χ3n) is 3.36. The predicted molar refractivity (Wildman–Crippen MR) is 90.6 cm³/mol. The Kier molecular flexibility index (Phi) is 6.20. The first-order valence-electron chi connectivity index (χ1n) is 7.12. The summed E-state index contributed by atoms with van der Waals surface area (Å²) in [5, 5.41) is 7.15. The number of pyridine rings is 1. The van der Waals surface area contributed by atoms with Crippen LogP contribution >= 0.6 is 23.8 Å². The van der Waals surface area contributed by atoms with Crippen LogP contribution in [-0.4, -0.2) is 28.6 Å². The molecule has 2 rings (SSSR count). The van der Waals surface area contributed by atoms with E-state index in [9.17, 15) is 0 Å². The summed E-state index contributed by atoms with van der Waals surface area (Å²) in [7, 11) is 0. The van der Waals surface area contributed by atoms with E-state index in [2.05, 4.69) is 20.6 Å². The third kappa shape index (κ3) is 5.47. The molecule has 114 valence electrons. The maximum atomic E-state index is 6.07. The van der Waals surface area contributed by atoms with Gasteiger partial charge >= 0.3 is 0 Å². The molecule has 0 unspecified atom stereocenters. The molecule has 1 aliphatic rings. The van der Waals surface area contributed by atoms with Gasteiger partial charge in [-0.05, 0) is 56.5 Å².